The number of likely N-dealkylation sites (tertiary alicyclic amines) is 1. The van der Waals surface area contributed by atoms with Gasteiger partial charge in [0, 0.05) is 31.5 Å². The molecule has 7 heteroatoms. The number of benzene rings is 1. The number of hydrogen-bond acceptors (Lipinski definition) is 3. The summed E-state index contributed by atoms with van der Waals surface area (Å²) in [5, 5.41) is 3.28. The lowest BCUT2D eigenvalue weighted by atomic mass is 10.0. The van der Waals surface area contributed by atoms with Crippen LogP contribution in [-0.2, 0) is 0 Å². The third kappa shape index (κ3) is 4.29. The van der Waals surface area contributed by atoms with E-state index in [1.165, 1.54) is 0 Å². The molecule has 1 saturated heterocycles. The van der Waals surface area contributed by atoms with E-state index in [1.54, 1.807) is 12.5 Å². The number of halogens is 2. The van der Waals surface area contributed by atoms with E-state index in [2.05, 4.69) is 10.3 Å². The maximum atomic E-state index is 13.0. The molecule has 0 spiro atoms. The lowest BCUT2D eigenvalue weighted by molar-refractivity contribution is 0.0698. The van der Waals surface area contributed by atoms with Gasteiger partial charge in [-0.3, -0.25) is 4.79 Å². The minimum Gasteiger partial charge on any atom is -0.337 e. The van der Waals surface area contributed by atoms with E-state index in [0.29, 0.717) is 6.04 Å². The van der Waals surface area contributed by atoms with Crippen LogP contribution >= 0.6 is 24.8 Å². The predicted octanol–water partition coefficient (Wildman–Crippen LogP) is 2.85. The van der Waals surface area contributed by atoms with Crippen molar-refractivity contribution in [2.24, 2.45) is 0 Å². The highest BCUT2D eigenvalue weighted by molar-refractivity contribution is 5.98. The van der Waals surface area contributed by atoms with Crippen molar-refractivity contribution in [3.63, 3.8) is 0 Å². The molecule has 0 radical (unpaired) electrons. The van der Waals surface area contributed by atoms with Crippen LogP contribution in [0, 0.1) is 6.92 Å². The normalized spacial score (nSPS) is 16.9. The summed E-state index contributed by atoms with van der Waals surface area (Å²) >= 11 is 0. The summed E-state index contributed by atoms with van der Waals surface area (Å²) in [5.74, 6) is 0.104. The molecule has 5 nitrogen and oxygen atoms in total. The van der Waals surface area contributed by atoms with E-state index >= 15 is 0 Å². The molecule has 1 aromatic heterocycles. The average Bonchev–Trinajstić information content (AvgIpc) is 3.08. The third-order valence-corrected chi connectivity index (χ3v) is 4.28. The van der Waals surface area contributed by atoms with Crippen molar-refractivity contribution in [2.45, 2.75) is 25.8 Å². The maximum Gasteiger partial charge on any atom is 0.256 e. The summed E-state index contributed by atoms with van der Waals surface area (Å²) in [4.78, 5) is 19.0. The number of amides is 1. The van der Waals surface area contributed by atoms with Crippen LogP contribution in [0.1, 0.15) is 28.8 Å². The number of nitrogens with one attached hydrogen (secondary N) is 1. The van der Waals surface area contributed by atoms with Crippen LogP contribution in [-0.4, -0.2) is 46.5 Å². The molecule has 1 N–H and O–H groups in total. The Balaban J connectivity index is 0.00000144. The predicted molar refractivity (Wildman–Crippen MR) is 101 cm³/mol. The molecule has 1 fully saturated rings. The van der Waals surface area contributed by atoms with Crippen LogP contribution in [0.15, 0.2) is 36.9 Å². The molecule has 0 saturated carbocycles. The first-order valence-corrected chi connectivity index (χ1v) is 7.74. The monoisotopic (exact) mass is 370 g/mol. The number of likely N-dealkylation sites (N-methyl/N-ethyl adjacent to an activating group) is 1. The lowest BCUT2D eigenvalue weighted by Gasteiger charge is -2.33. The van der Waals surface area contributed by atoms with Crippen LogP contribution in [0.3, 0.4) is 0 Å². The molecule has 1 amide bonds. The topological polar surface area (TPSA) is 50.2 Å². The van der Waals surface area contributed by atoms with Crippen molar-refractivity contribution >= 4 is 30.7 Å². The number of rotatable bonds is 3. The van der Waals surface area contributed by atoms with Crippen LogP contribution in [0.2, 0.25) is 0 Å². The number of aromatic nitrogens is 2. The molecule has 1 aromatic carbocycles. The number of nitrogens with zero attached hydrogens (tertiary/aromatic N) is 3. The van der Waals surface area contributed by atoms with E-state index in [9.17, 15) is 4.79 Å². The summed E-state index contributed by atoms with van der Waals surface area (Å²) in [5.41, 5.74) is 2.73. The van der Waals surface area contributed by atoms with E-state index in [-0.39, 0.29) is 30.7 Å². The van der Waals surface area contributed by atoms with E-state index in [0.717, 1.165) is 42.7 Å². The van der Waals surface area contributed by atoms with Gasteiger partial charge in [-0.1, -0.05) is 11.6 Å². The molecular formula is C17H24Cl2N4O. The van der Waals surface area contributed by atoms with Crippen molar-refractivity contribution in [3.8, 4) is 5.69 Å². The number of hydrogen-bond donors (Lipinski definition) is 1. The van der Waals surface area contributed by atoms with Crippen LogP contribution < -0.4 is 5.32 Å². The lowest BCUT2D eigenvalue weighted by Crippen LogP contribution is -2.47. The van der Waals surface area contributed by atoms with Gasteiger partial charge < -0.3 is 14.8 Å². The minimum absolute atomic E-state index is 0. The van der Waals surface area contributed by atoms with Gasteiger partial charge in [0.2, 0.25) is 0 Å². The van der Waals surface area contributed by atoms with Crippen molar-refractivity contribution in [2.75, 3.05) is 20.1 Å². The second-order valence-corrected chi connectivity index (χ2v) is 5.87. The summed E-state index contributed by atoms with van der Waals surface area (Å²) < 4.78 is 1.90. The highest BCUT2D eigenvalue weighted by Crippen LogP contribution is 2.21. The minimum atomic E-state index is 0. The van der Waals surface area contributed by atoms with Gasteiger partial charge in [-0.05, 0) is 38.9 Å². The molecule has 1 atom stereocenters. The summed E-state index contributed by atoms with van der Waals surface area (Å²) in [6.45, 7) is 3.61. The Morgan fingerprint density at radius 2 is 2.12 bits per heavy atom. The van der Waals surface area contributed by atoms with E-state index in [1.807, 2.05) is 47.8 Å². The SMILES string of the molecule is CNC1CCCN(C(=O)c2cc(C)ccc2-n2ccnc2)C1.Cl.Cl. The quantitative estimate of drug-likeness (QED) is 0.903. The Bertz CT molecular complexity index is 661. The zero-order chi connectivity index (χ0) is 15.5. The molecule has 2 aromatic rings. The number of carbonyl (C=O) groups is 1. The van der Waals surface area contributed by atoms with Gasteiger partial charge in [-0.2, -0.15) is 0 Å². The molecule has 0 aliphatic carbocycles. The highest BCUT2D eigenvalue weighted by atomic mass is 35.5. The number of piperidine rings is 1. The fourth-order valence-electron chi connectivity index (χ4n) is 3.02. The largest absolute Gasteiger partial charge is 0.337 e. The molecular weight excluding hydrogens is 347 g/mol. The first-order chi connectivity index (χ1) is 10.7. The Labute approximate surface area is 155 Å². The standard InChI is InChI=1S/C17H22N4O.2ClH/c1-13-5-6-16(21-9-7-19-12-21)15(10-13)17(22)20-8-3-4-14(11-20)18-2;;/h5-7,9-10,12,14,18H,3-4,8,11H2,1-2H3;2*1H. The zero-order valence-corrected chi connectivity index (χ0v) is 15.6. The Hall–Kier alpha value is -1.56. The Morgan fingerprint density at radius 3 is 2.79 bits per heavy atom. The van der Waals surface area contributed by atoms with Crippen molar-refractivity contribution in [1.82, 2.24) is 19.8 Å². The van der Waals surface area contributed by atoms with Gasteiger partial charge in [0.15, 0.2) is 0 Å². The maximum absolute atomic E-state index is 13.0. The molecule has 2 heterocycles. The molecule has 1 unspecified atom stereocenters. The molecule has 1 aliphatic rings. The van der Waals surface area contributed by atoms with Gasteiger partial charge in [0.05, 0.1) is 17.6 Å². The van der Waals surface area contributed by atoms with E-state index in [4.69, 9.17) is 0 Å². The van der Waals surface area contributed by atoms with Gasteiger partial charge in [0.25, 0.3) is 5.91 Å². The number of aryl methyl sites for hydroxylation is 1. The second kappa shape index (κ2) is 9.06. The Morgan fingerprint density at radius 1 is 1.33 bits per heavy atom. The summed E-state index contributed by atoms with van der Waals surface area (Å²) in [6, 6.07) is 6.38. The Kier molecular flexibility index (Phi) is 7.73. The number of imidazole rings is 1. The third-order valence-electron chi connectivity index (χ3n) is 4.28. The molecule has 24 heavy (non-hydrogen) atoms. The van der Waals surface area contributed by atoms with Gasteiger partial charge in [0.1, 0.15) is 0 Å². The first-order valence-electron chi connectivity index (χ1n) is 7.74. The van der Waals surface area contributed by atoms with Crippen molar-refractivity contribution < 1.29 is 4.79 Å². The fraction of sp³-hybridized carbons (Fsp3) is 0.412. The van der Waals surface area contributed by atoms with Gasteiger partial charge in [-0.25, -0.2) is 4.98 Å². The van der Waals surface area contributed by atoms with Crippen LogP contribution in [0.4, 0.5) is 0 Å². The average molecular weight is 371 g/mol. The highest BCUT2D eigenvalue weighted by Gasteiger charge is 2.25. The smallest absolute Gasteiger partial charge is 0.256 e. The summed E-state index contributed by atoms with van der Waals surface area (Å²) in [7, 11) is 1.96. The second-order valence-electron chi connectivity index (χ2n) is 5.87. The zero-order valence-electron chi connectivity index (χ0n) is 13.9. The van der Waals surface area contributed by atoms with Crippen molar-refractivity contribution in [3.05, 3.63) is 48.0 Å². The summed E-state index contributed by atoms with van der Waals surface area (Å²) in [6.07, 6.45) is 7.50. The molecule has 3 rings (SSSR count). The van der Waals surface area contributed by atoms with Gasteiger partial charge >= 0.3 is 0 Å². The molecule has 0 bridgehead atoms. The first kappa shape index (κ1) is 20.5. The fourth-order valence-corrected chi connectivity index (χ4v) is 3.02. The van der Waals surface area contributed by atoms with Crippen LogP contribution in [0.25, 0.3) is 5.69 Å². The van der Waals surface area contributed by atoms with Gasteiger partial charge in [-0.15, -0.1) is 24.8 Å². The van der Waals surface area contributed by atoms with Crippen molar-refractivity contribution in [1.29, 1.82) is 0 Å². The van der Waals surface area contributed by atoms with Crippen LogP contribution in [0.5, 0.6) is 0 Å². The molecule has 1 aliphatic heterocycles. The number of carbonyl (C=O) groups excluding carboxylic acids is 1. The molecule has 132 valence electrons. The van der Waals surface area contributed by atoms with E-state index < -0.39 is 0 Å².